The molecule has 1 aromatic heterocycles. The van der Waals surface area contributed by atoms with Crippen molar-refractivity contribution in [2.75, 3.05) is 6.26 Å². The average molecular weight is 379 g/mol. The Balaban J connectivity index is 1.76. The lowest BCUT2D eigenvalue weighted by molar-refractivity contribution is -0.691. The number of aromatic nitrogens is 1. The highest BCUT2D eigenvalue weighted by Crippen LogP contribution is 2.35. The number of ether oxygens (including phenoxy) is 1. The molecular formula is C20H28NO2S2+. The minimum absolute atomic E-state index is 0.0690. The predicted octanol–water partition coefficient (Wildman–Crippen LogP) is 4.91. The molecule has 0 amide bonds. The maximum absolute atomic E-state index is 12.7. The van der Waals surface area contributed by atoms with E-state index in [1.165, 1.54) is 17.5 Å². The summed E-state index contributed by atoms with van der Waals surface area (Å²) in [7, 11) is 0. The van der Waals surface area contributed by atoms with E-state index in [4.69, 9.17) is 4.74 Å². The lowest BCUT2D eigenvalue weighted by Gasteiger charge is -2.36. The Morgan fingerprint density at radius 3 is 2.84 bits per heavy atom. The van der Waals surface area contributed by atoms with Gasteiger partial charge >= 0.3 is 5.97 Å². The van der Waals surface area contributed by atoms with Crippen LogP contribution in [0.15, 0.2) is 28.6 Å². The summed E-state index contributed by atoms with van der Waals surface area (Å²) in [6, 6.07) is 8.26. The molecular weight excluding hydrogens is 350 g/mol. The number of esters is 1. The number of carbonyl (C=O) groups excluding carboxylic acids is 1. The van der Waals surface area contributed by atoms with Crippen LogP contribution in [0.4, 0.5) is 0 Å². The maximum atomic E-state index is 12.7. The highest BCUT2D eigenvalue weighted by Gasteiger charge is 2.34. The molecule has 5 heteroatoms. The normalized spacial score (nSPS) is 24.0. The highest BCUT2D eigenvalue weighted by atomic mass is 32.2. The van der Waals surface area contributed by atoms with Gasteiger partial charge in [0, 0.05) is 6.07 Å². The van der Waals surface area contributed by atoms with Gasteiger partial charge in [0.2, 0.25) is 12.1 Å². The first-order valence-corrected chi connectivity index (χ1v) is 11.2. The minimum atomic E-state index is -0.103. The lowest BCUT2D eigenvalue weighted by Crippen LogP contribution is -2.43. The van der Waals surface area contributed by atoms with Crippen molar-refractivity contribution in [3.63, 3.8) is 0 Å². The number of carbonyl (C=O) groups is 1. The number of fused-ring (bicyclic) bond motifs is 1. The second-order valence-corrected chi connectivity index (χ2v) is 9.56. The largest absolute Gasteiger partial charge is 0.457 e. The van der Waals surface area contributed by atoms with Crippen molar-refractivity contribution in [1.82, 2.24) is 0 Å². The van der Waals surface area contributed by atoms with Gasteiger partial charge in [0.25, 0.3) is 4.34 Å². The number of nitrogens with zero attached hydrogens (tertiary/aromatic N) is 1. The van der Waals surface area contributed by atoms with Crippen molar-refractivity contribution < 1.29 is 14.1 Å². The molecule has 136 valence electrons. The van der Waals surface area contributed by atoms with Crippen molar-refractivity contribution in [3.8, 4) is 0 Å². The molecule has 1 saturated carbocycles. The smallest absolute Gasteiger partial charge is 0.373 e. The summed E-state index contributed by atoms with van der Waals surface area (Å²) < 4.78 is 10.5. The van der Waals surface area contributed by atoms with Gasteiger partial charge in [-0.25, -0.2) is 4.79 Å². The molecule has 1 aliphatic rings. The third kappa shape index (κ3) is 4.20. The Morgan fingerprint density at radius 1 is 1.36 bits per heavy atom. The van der Waals surface area contributed by atoms with E-state index in [0.29, 0.717) is 24.3 Å². The molecule has 3 atom stereocenters. The van der Waals surface area contributed by atoms with Crippen molar-refractivity contribution in [2.24, 2.45) is 17.8 Å². The van der Waals surface area contributed by atoms with Gasteiger partial charge in [0.1, 0.15) is 10.8 Å². The quantitative estimate of drug-likeness (QED) is 0.420. The molecule has 25 heavy (non-hydrogen) atoms. The molecule has 0 N–H and O–H groups in total. The molecule has 3 nitrogen and oxygen atoms in total. The van der Waals surface area contributed by atoms with Gasteiger partial charge in [-0.05, 0) is 54.7 Å². The summed E-state index contributed by atoms with van der Waals surface area (Å²) in [6.45, 7) is 7.06. The Morgan fingerprint density at radius 2 is 2.12 bits per heavy atom. The van der Waals surface area contributed by atoms with Crippen LogP contribution in [0.5, 0.6) is 0 Å². The van der Waals surface area contributed by atoms with E-state index in [0.717, 1.165) is 16.3 Å². The summed E-state index contributed by atoms with van der Waals surface area (Å²) in [5.74, 6) is 1.59. The third-order valence-electron chi connectivity index (χ3n) is 5.28. The molecule has 0 unspecified atom stereocenters. The van der Waals surface area contributed by atoms with Crippen LogP contribution < -0.4 is 4.57 Å². The van der Waals surface area contributed by atoms with Gasteiger partial charge in [-0.15, -0.1) is 0 Å². The number of benzene rings is 1. The topological polar surface area (TPSA) is 30.2 Å². The summed E-state index contributed by atoms with van der Waals surface area (Å²) in [5, 5.41) is 0. The fraction of sp³-hybridized carbons (Fsp3) is 0.600. The highest BCUT2D eigenvalue weighted by molar-refractivity contribution is 8.00. The Hall–Kier alpha value is -1.07. The molecule has 1 aliphatic carbocycles. The van der Waals surface area contributed by atoms with Crippen LogP contribution in [0, 0.1) is 17.8 Å². The van der Waals surface area contributed by atoms with E-state index < -0.39 is 0 Å². The predicted molar refractivity (Wildman–Crippen MR) is 105 cm³/mol. The van der Waals surface area contributed by atoms with Crippen LogP contribution in [0.25, 0.3) is 10.2 Å². The first-order chi connectivity index (χ1) is 12.0. The molecule has 1 fully saturated rings. The van der Waals surface area contributed by atoms with Crippen LogP contribution >= 0.6 is 23.1 Å². The van der Waals surface area contributed by atoms with Gasteiger partial charge < -0.3 is 4.74 Å². The molecule has 0 aliphatic heterocycles. The number of thiazole rings is 1. The summed E-state index contributed by atoms with van der Waals surface area (Å²) >= 11 is 3.42. The summed E-state index contributed by atoms with van der Waals surface area (Å²) in [6.07, 6.45) is 5.54. The molecule has 2 aromatic rings. The first kappa shape index (κ1) is 18.7. The van der Waals surface area contributed by atoms with E-state index in [2.05, 4.69) is 43.7 Å². The number of hydrogen-bond donors (Lipinski definition) is 0. The fourth-order valence-electron chi connectivity index (χ4n) is 3.90. The van der Waals surface area contributed by atoms with Crippen LogP contribution in [0.3, 0.4) is 0 Å². The van der Waals surface area contributed by atoms with Crippen molar-refractivity contribution in [3.05, 3.63) is 24.3 Å². The Labute approximate surface area is 158 Å². The van der Waals surface area contributed by atoms with Gasteiger partial charge in [-0.2, -0.15) is 4.57 Å². The van der Waals surface area contributed by atoms with E-state index in [1.54, 1.807) is 23.1 Å². The average Bonchev–Trinajstić information content (AvgIpc) is 2.92. The number of rotatable bonds is 5. The minimum Gasteiger partial charge on any atom is -0.457 e. The van der Waals surface area contributed by atoms with E-state index in [-0.39, 0.29) is 12.1 Å². The zero-order chi connectivity index (χ0) is 18.0. The monoisotopic (exact) mass is 378 g/mol. The van der Waals surface area contributed by atoms with E-state index in [1.807, 2.05) is 12.1 Å². The van der Waals surface area contributed by atoms with Crippen LogP contribution in [-0.4, -0.2) is 18.3 Å². The van der Waals surface area contributed by atoms with E-state index in [9.17, 15) is 4.79 Å². The van der Waals surface area contributed by atoms with Gasteiger partial charge in [-0.3, -0.25) is 0 Å². The first-order valence-electron chi connectivity index (χ1n) is 9.14. The molecule has 3 rings (SSSR count). The van der Waals surface area contributed by atoms with Crippen LogP contribution in [0.2, 0.25) is 0 Å². The van der Waals surface area contributed by atoms with Gasteiger partial charge in [0.15, 0.2) is 0 Å². The Bertz CT molecular complexity index is 740. The third-order valence-corrected chi connectivity index (χ3v) is 7.56. The standard InChI is InChI=1S/C20H28NO2S2/c1-13(2)15-10-9-14(3)11-17(15)23-19(22)12-21-16-7-5-6-8-18(16)25-20(21)24-4/h5-8,13-15,17H,9-12H2,1-4H3/q+1/t14-,15+,17-/m1/s1. The SMILES string of the molecule is CSc1sc2ccccc2[n+]1CC(=O)O[C@@H]1C[C@H](C)CC[C@H]1C(C)C. The molecule has 1 heterocycles. The Kier molecular flexibility index (Phi) is 6.05. The molecule has 0 radical (unpaired) electrons. The van der Waals surface area contributed by atoms with E-state index >= 15 is 0 Å². The maximum Gasteiger partial charge on any atom is 0.373 e. The van der Waals surface area contributed by atoms with Crippen molar-refractivity contribution in [2.45, 2.75) is 57.0 Å². The zero-order valence-corrected chi connectivity index (χ0v) is 17.2. The molecule has 0 saturated heterocycles. The lowest BCUT2D eigenvalue weighted by atomic mass is 9.75. The van der Waals surface area contributed by atoms with Crippen molar-refractivity contribution >= 4 is 39.3 Å². The number of hydrogen-bond acceptors (Lipinski definition) is 4. The molecule has 0 bridgehead atoms. The van der Waals surface area contributed by atoms with Crippen LogP contribution in [-0.2, 0) is 16.1 Å². The van der Waals surface area contributed by atoms with Gasteiger partial charge in [-0.1, -0.05) is 50.7 Å². The second-order valence-electron chi connectivity index (χ2n) is 7.48. The fourth-order valence-corrected chi connectivity index (χ4v) is 5.78. The van der Waals surface area contributed by atoms with Gasteiger partial charge in [0.05, 0.1) is 0 Å². The second kappa shape index (κ2) is 8.09. The molecule has 0 spiro atoms. The molecule has 1 aromatic carbocycles. The van der Waals surface area contributed by atoms with Crippen molar-refractivity contribution in [1.29, 1.82) is 0 Å². The number of thioether (sulfide) groups is 1. The summed E-state index contributed by atoms with van der Waals surface area (Å²) in [4.78, 5) is 12.7. The van der Waals surface area contributed by atoms with Crippen LogP contribution in [0.1, 0.15) is 40.0 Å². The zero-order valence-electron chi connectivity index (χ0n) is 15.5. The number of para-hydroxylation sites is 1. The summed E-state index contributed by atoms with van der Waals surface area (Å²) in [5.41, 5.74) is 1.12.